The Labute approximate surface area is 271 Å². The number of ether oxygens (including phenoxy) is 4. The first kappa shape index (κ1) is 33.6. The van der Waals surface area contributed by atoms with E-state index in [0.29, 0.717) is 51.8 Å². The number of halogens is 2. The SMILES string of the molecule is COc1cc2c(Oc3ccc(C4[C@@H](C)[C@H]4C(=O)Nc4ccc(F)cc4)c(F)c3)ccnc2cc1OCCCN1CCOCC1.NC=O. The molecule has 3 atom stereocenters. The van der Waals surface area contributed by atoms with Gasteiger partial charge in [-0.1, -0.05) is 13.0 Å². The van der Waals surface area contributed by atoms with Crippen molar-refractivity contribution in [2.75, 3.05) is 51.9 Å². The lowest BCUT2D eigenvalue weighted by atomic mass is 10.1. The molecule has 1 aromatic heterocycles. The molecule has 0 spiro atoms. The Morgan fingerprint density at radius 1 is 1.06 bits per heavy atom. The van der Waals surface area contributed by atoms with Crippen LogP contribution in [0.15, 0.2) is 66.9 Å². The number of nitrogens with zero attached hydrogens (tertiary/aromatic N) is 2. The third-order valence-electron chi connectivity index (χ3n) is 8.32. The number of nitrogens with one attached hydrogen (secondary N) is 1. The highest BCUT2D eigenvalue weighted by atomic mass is 19.1. The Hall–Kier alpha value is -4.81. The van der Waals surface area contributed by atoms with Gasteiger partial charge in [0.25, 0.3) is 0 Å². The van der Waals surface area contributed by atoms with Gasteiger partial charge in [0.15, 0.2) is 11.5 Å². The predicted octanol–water partition coefficient (Wildman–Crippen LogP) is 5.50. The minimum Gasteiger partial charge on any atom is -0.493 e. The molecule has 2 heterocycles. The van der Waals surface area contributed by atoms with Crippen molar-refractivity contribution in [1.29, 1.82) is 0 Å². The second-order valence-electron chi connectivity index (χ2n) is 11.3. The molecule has 3 aromatic carbocycles. The number of hydrogen-bond acceptors (Lipinski definition) is 8. The van der Waals surface area contributed by atoms with Gasteiger partial charge in [-0.15, -0.1) is 0 Å². The first-order chi connectivity index (χ1) is 22.8. The molecule has 1 unspecified atom stereocenters. The second-order valence-corrected chi connectivity index (χ2v) is 11.3. The van der Waals surface area contributed by atoms with Crippen molar-refractivity contribution in [2.45, 2.75) is 19.3 Å². The average Bonchev–Trinajstić information content (AvgIpc) is 3.75. The van der Waals surface area contributed by atoms with Gasteiger partial charge in [-0.25, -0.2) is 8.78 Å². The number of primary amides is 1. The minimum atomic E-state index is -0.444. The molecule has 0 radical (unpaired) electrons. The van der Waals surface area contributed by atoms with Crippen LogP contribution in [0.25, 0.3) is 10.9 Å². The fraction of sp³-hybridized carbons (Fsp3) is 0.343. The molecule has 3 N–H and O–H groups in total. The zero-order chi connectivity index (χ0) is 33.3. The third kappa shape index (κ3) is 8.32. The fourth-order valence-electron chi connectivity index (χ4n) is 5.85. The molecule has 47 heavy (non-hydrogen) atoms. The van der Waals surface area contributed by atoms with Gasteiger partial charge in [-0.2, -0.15) is 0 Å². The summed E-state index contributed by atoms with van der Waals surface area (Å²) < 4.78 is 51.8. The Bertz CT molecular complexity index is 1680. The monoisotopic (exact) mass is 648 g/mol. The molecule has 0 bridgehead atoms. The van der Waals surface area contributed by atoms with Crippen molar-refractivity contribution >= 4 is 28.9 Å². The summed E-state index contributed by atoms with van der Waals surface area (Å²) in [5.41, 5.74) is 5.79. The van der Waals surface area contributed by atoms with Gasteiger partial charge in [0.2, 0.25) is 12.3 Å². The molecule has 2 aliphatic rings. The zero-order valence-electron chi connectivity index (χ0n) is 26.3. The number of pyridine rings is 1. The van der Waals surface area contributed by atoms with Gasteiger partial charge >= 0.3 is 0 Å². The number of anilines is 1. The quantitative estimate of drug-likeness (QED) is 0.161. The van der Waals surface area contributed by atoms with Crippen LogP contribution >= 0.6 is 0 Å². The lowest BCUT2D eigenvalue weighted by Crippen LogP contribution is -2.37. The summed E-state index contributed by atoms with van der Waals surface area (Å²) in [5, 5.41) is 3.50. The molecule has 1 saturated carbocycles. The van der Waals surface area contributed by atoms with E-state index in [1.54, 1.807) is 31.5 Å². The molecular formula is C35H38F2N4O6. The summed E-state index contributed by atoms with van der Waals surface area (Å²) in [6, 6.07) is 15.6. The number of nitrogens with two attached hydrogens (primary N) is 1. The van der Waals surface area contributed by atoms with E-state index < -0.39 is 5.82 Å². The highest BCUT2D eigenvalue weighted by Crippen LogP contribution is 2.55. The fourth-order valence-corrected chi connectivity index (χ4v) is 5.85. The van der Waals surface area contributed by atoms with E-state index in [-0.39, 0.29) is 35.9 Å². The van der Waals surface area contributed by atoms with E-state index in [0.717, 1.165) is 39.3 Å². The van der Waals surface area contributed by atoms with Crippen LogP contribution in [0.3, 0.4) is 0 Å². The summed E-state index contributed by atoms with van der Waals surface area (Å²) in [7, 11) is 1.58. The molecule has 1 aliphatic carbocycles. The van der Waals surface area contributed by atoms with Gasteiger partial charge in [0.1, 0.15) is 23.1 Å². The van der Waals surface area contributed by atoms with Gasteiger partial charge in [-0.05, 0) is 60.4 Å². The van der Waals surface area contributed by atoms with Crippen LogP contribution in [0.5, 0.6) is 23.0 Å². The number of fused-ring (bicyclic) bond motifs is 1. The average molecular weight is 649 g/mol. The van der Waals surface area contributed by atoms with Crippen LogP contribution in [-0.2, 0) is 14.3 Å². The number of amides is 2. The maximum atomic E-state index is 15.4. The van der Waals surface area contributed by atoms with Crippen LogP contribution in [0.2, 0.25) is 0 Å². The van der Waals surface area contributed by atoms with E-state index in [2.05, 4.69) is 20.9 Å². The number of benzene rings is 3. The number of methoxy groups -OCH3 is 1. The molecular weight excluding hydrogens is 610 g/mol. The van der Waals surface area contributed by atoms with Crippen LogP contribution in [0.4, 0.5) is 14.5 Å². The molecule has 12 heteroatoms. The Balaban J connectivity index is 0.00000139. The largest absolute Gasteiger partial charge is 0.493 e. The number of rotatable bonds is 11. The summed E-state index contributed by atoms with van der Waals surface area (Å²) in [6.45, 7) is 6.81. The van der Waals surface area contributed by atoms with Crippen molar-refractivity contribution in [3.05, 3.63) is 84.1 Å². The van der Waals surface area contributed by atoms with Crippen LogP contribution in [-0.4, -0.2) is 68.8 Å². The van der Waals surface area contributed by atoms with Gasteiger partial charge in [-0.3, -0.25) is 19.5 Å². The first-order valence-electron chi connectivity index (χ1n) is 15.4. The second kappa shape index (κ2) is 15.7. The molecule has 248 valence electrons. The van der Waals surface area contributed by atoms with Gasteiger partial charge < -0.3 is 30.0 Å². The van der Waals surface area contributed by atoms with Crippen molar-refractivity contribution in [3.63, 3.8) is 0 Å². The molecule has 6 rings (SSSR count). The van der Waals surface area contributed by atoms with Crippen molar-refractivity contribution in [2.24, 2.45) is 17.6 Å². The summed E-state index contributed by atoms with van der Waals surface area (Å²) in [4.78, 5) is 28.3. The van der Waals surface area contributed by atoms with Crippen molar-refractivity contribution < 1.29 is 37.3 Å². The molecule has 2 amide bonds. The highest BCUT2D eigenvalue weighted by molar-refractivity contribution is 5.95. The molecule has 10 nitrogen and oxygen atoms in total. The number of aromatic nitrogens is 1. The standard InChI is InChI=1S/C34H35F2N3O5.CH3NO/c1-21-32(33(21)34(40)38-23-6-4-22(35)5-7-23)25-9-8-24(18-27(25)36)44-29-10-11-37-28-20-31(30(41-2)19-26(28)29)43-15-3-12-39-13-16-42-17-14-39;2-1-3/h4-11,18-21,32-33H,3,12-17H2,1-2H3,(H,38,40);1H,(H2,2,3)/t21-,32?,33-;/m1./s1. The zero-order valence-corrected chi connectivity index (χ0v) is 26.3. The van der Waals surface area contributed by atoms with E-state index in [4.69, 9.17) is 23.7 Å². The summed E-state index contributed by atoms with van der Waals surface area (Å²) in [6.07, 6.45) is 2.76. The molecule has 4 aromatic rings. The lowest BCUT2D eigenvalue weighted by molar-refractivity contribution is -0.117. The Morgan fingerprint density at radius 3 is 2.51 bits per heavy atom. The summed E-state index contributed by atoms with van der Waals surface area (Å²) >= 11 is 0. The highest BCUT2D eigenvalue weighted by Gasteiger charge is 2.53. The van der Waals surface area contributed by atoms with Crippen molar-refractivity contribution in [3.8, 4) is 23.0 Å². The topological polar surface area (TPSA) is 125 Å². The Morgan fingerprint density at radius 2 is 1.81 bits per heavy atom. The van der Waals surface area contributed by atoms with E-state index in [1.807, 2.05) is 19.1 Å². The number of hydrogen-bond donors (Lipinski definition) is 2. The van der Waals surface area contributed by atoms with Crippen LogP contribution in [0.1, 0.15) is 24.8 Å². The van der Waals surface area contributed by atoms with Gasteiger partial charge in [0, 0.05) is 60.9 Å². The summed E-state index contributed by atoms with van der Waals surface area (Å²) in [5.74, 6) is 0.243. The van der Waals surface area contributed by atoms with Crippen LogP contribution < -0.4 is 25.3 Å². The molecule has 1 saturated heterocycles. The number of morpholine rings is 1. The maximum absolute atomic E-state index is 15.4. The lowest BCUT2D eigenvalue weighted by Gasteiger charge is -2.26. The van der Waals surface area contributed by atoms with E-state index in [9.17, 15) is 9.18 Å². The molecule has 1 aliphatic heterocycles. The first-order valence-corrected chi connectivity index (χ1v) is 15.4. The normalized spacial score (nSPS) is 18.9. The van der Waals surface area contributed by atoms with E-state index in [1.165, 1.54) is 30.3 Å². The smallest absolute Gasteiger partial charge is 0.228 e. The Kier molecular flexibility index (Phi) is 11.2. The third-order valence-corrected chi connectivity index (χ3v) is 8.32. The van der Waals surface area contributed by atoms with Crippen LogP contribution in [0, 0.1) is 23.5 Å². The number of carbonyl (C=O) groups excluding carboxylic acids is 2. The minimum absolute atomic E-state index is 0.0379. The number of carbonyl (C=O) groups is 2. The van der Waals surface area contributed by atoms with Crippen molar-refractivity contribution in [1.82, 2.24) is 9.88 Å². The molecule has 2 fully saturated rings. The van der Waals surface area contributed by atoms with E-state index >= 15 is 4.39 Å². The van der Waals surface area contributed by atoms with Gasteiger partial charge in [0.05, 0.1) is 32.4 Å². The predicted molar refractivity (Wildman–Crippen MR) is 173 cm³/mol. The maximum Gasteiger partial charge on any atom is 0.228 e.